The summed E-state index contributed by atoms with van der Waals surface area (Å²) in [5, 5.41) is 45.4. The first kappa shape index (κ1) is 42.8. The minimum Gasteiger partial charge on any atom is -0.480 e. The summed E-state index contributed by atoms with van der Waals surface area (Å²) in [6.45, 7) is -3.56. The molecule has 0 spiro atoms. The number of carboxylic acids is 3. The number of rotatable bonds is 18. The van der Waals surface area contributed by atoms with E-state index in [1.54, 1.807) is 0 Å². The Morgan fingerprint density at radius 1 is 0.646 bits per heavy atom. The van der Waals surface area contributed by atoms with E-state index in [4.69, 9.17) is 10.3 Å². The van der Waals surface area contributed by atoms with Crippen molar-refractivity contribution >= 4 is 72.4 Å². The summed E-state index contributed by atoms with van der Waals surface area (Å²) >= 11 is 1.03. The van der Waals surface area contributed by atoms with Gasteiger partial charge in [0, 0.05) is 59.8 Å². The zero-order chi connectivity index (χ0) is 35.7. The Hall–Kier alpha value is -3.21. The summed E-state index contributed by atoms with van der Waals surface area (Å²) in [7, 11) is -5.70. The van der Waals surface area contributed by atoms with E-state index in [9.17, 15) is 56.1 Å². The summed E-state index contributed by atoms with van der Waals surface area (Å²) in [4.78, 5) is 70.4. The van der Waals surface area contributed by atoms with Crippen molar-refractivity contribution in [1.29, 1.82) is 0 Å². The van der Waals surface area contributed by atoms with Gasteiger partial charge in [0.25, 0.3) is 31.9 Å². The van der Waals surface area contributed by atoms with Gasteiger partial charge in [-0.15, -0.1) is 10.2 Å². The number of carboxylic acid groups (broad SMARTS) is 3. The number of nitrogens with zero attached hydrogens (tertiary/aromatic N) is 9. The van der Waals surface area contributed by atoms with Gasteiger partial charge in [0.2, 0.25) is 18.3 Å². The van der Waals surface area contributed by atoms with Gasteiger partial charge in [0.05, 0.1) is 32.7 Å². The predicted octanol–water partition coefficient (Wildman–Crippen LogP) is -5.72. The number of aliphatic carboxylic acids is 3. The molecular formula is C20H31N11O12S4Zn. The fraction of sp³-hybridized carbons (Fsp3) is 0.550. The summed E-state index contributed by atoms with van der Waals surface area (Å²) in [6.07, 6.45) is 0. The van der Waals surface area contributed by atoms with E-state index in [-0.39, 0.29) is 55.3 Å². The molecule has 2 amide bonds. The van der Waals surface area contributed by atoms with Gasteiger partial charge in [-0.25, -0.2) is 36.5 Å². The number of hydrogen-bond acceptors (Lipinski definition) is 16. The van der Waals surface area contributed by atoms with E-state index in [1.807, 2.05) is 0 Å². The Morgan fingerprint density at radius 2 is 0.938 bits per heavy atom. The molecule has 0 aliphatic heterocycles. The van der Waals surface area contributed by atoms with Crippen LogP contribution in [0.2, 0.25) is 0 Å². The molecule has 0 bridgehead atoms. The zero-order valence-corrected chi connectivity index (χ0v) is 31.6. The number of sulfonamides is 2. The third kappa shape index (κ3) is 14.9. The third-order valence-corrected chi connectivity index (χ3v) is 10.2. The molecule has 2 aromatic rings. The smallest absolute Gasteiger partial charge is 0.317 e. The molecular weight excluding hydrogens is 780 g/mol. The Labute approximate surface area is 292 Å². The zero-order valence-electron chi connectivity index (χ0n) is 25.4. The average molecular weight is 811 g/mol. The van der Waals surface area contributed by atoms with Gasteiger partial charge in [-0.3, -0.25) is 38.7 Å². The Bertz CT molecular complexity index is 1740. The molecule has 0 fully saturated rings. The minimum atomic E-state index is -4.17. The summed E-state index contributed by atoms with van der Waals surface area (Å²) in [5.74, 6) is -5.64. The van der Waals surface area contributed by atoms with E-state index in [0.717, 1.165) is 19.2 Å². The molecule has 0 radical (unpaired) electrons. The molecule has 0 saturated carbocycles. The number of carbonyl (C=O) groups excluding carboxylic acids is 2. The second-order valence-corrected chi connectivity index (χ2v) is 14.9. The number of aryl methyl sites for hydroxylation is 2. The maximum absolute atomic E-state index is 12.6. The molecule has 0 aliphatic rings. The van der Waals surface area contributed by atoms with Crippen LogP contribution in [0, 0.1) is 0 Å². The van der Waals surface area contributed by atoms with Gasteiger partial charge in [-0.2, -0.15) is 9.98 Å². The SMILES string of the molecule is Cn1nc(S(N)(=O)=O)sc1=NC(=O)CN(CCN(CCN(CC(=O)O)CC(=O)N=c1sc(S(N)(=O)=O)nn1C)CC(=O)O)CC(=O)O.[Zn]. The van der Waals surface area contributed by atoms with Crippen LogP contribution in [0.4, 0.5) is 0 Å². The second-order valence-electron chi connectivity index (χ2n) is 9.53. The number of amides is 2. The van der Waals surface area contributed by atoms with Crippen molar-refractivity contribution in [2.24, 2.45) is 34.4 Å². The molecule has 48 heavy (non-hydrogen) atoms. The van der Waals surface area contributed by atoms with Crippen LogP contribution in [-0.4, -0.2) is 155 Å². The van der Waals surface area contributed by atoms with E-state index in [2.05, 4.69) is 20.2 Å². The van der Waals surface area contributed by atoms with Crippen LogP contribution in [0.25, 0.3) is 0 Å². The molecule has 2 rings (SSSR count). The topological polar surface area (TPSA) is 336 Å². The normalized spacial score (nSPS) is 12.9. The van der Waals surface area contributed by atoms with E-state index in [1.165, 1.54) is 19.0 Å². The Balaban J connectivity index is 0.0000115. The fourth-order valence-corrected chi connectivity index (χ4v) is 6.71. The summed E-state index contributed by atoms with van der Waals surface area (Å²) < 4.78 is 47.1. The van der Waals surface area contributed by atoms with Gasteiger partial charge in [0.15, 0.2) is 0 Å². The van der Waals surface area contributed by atoms with Crippen LogP contribution in [0.15, 0.2) is 18.7 Å². The van der Waals surface area contributed by atoms with Crippen molar-refractivity contribution in [3.63, 3.8) is 0 Å². The first-order chi connectivity index (χ1) is 21.6. The quantitative estimate of drug-likeness (QED) is 0.0876. The van der Waals surface area contributed by atoms with Crippen LogP contribution in [-0.2, 0) is 77.6 Å². The van der Waals surface area contributed by atoms with Crippen molar-refractivity contribution < 1.29 is 75.6 Å². The first-order valence-corrected chi connectivity index (χ1v) is 17.5. The van der Waals surface area contributed by atoms with Crippen LogP contribution < -0.4 is 19.9 Å². The maximum Gasteiger partial charge on any atom is 0.317 e. The molecule has 2 heterocycles. The van der Waals surface area contributed by atoms with E-state index >= 15 is 0 Å². The number of primary sulfonamides is 2. The number of hydrogen-bond donors (Lipinski definition) is 5. The third-order valence-electron chi connectivity index (χ3n) is 5.56. The predicted molar refractivity (Wildman–Crippen MR) is 158 cm³/mol. The molecule has 0 aliphatic carbocycles. The van der Waals surface area contributed by atoms with Gasteiger partial charge in [-0.05, 0) is 0 Å². The largest absolute Gasteiger partial charge is 0.480 e. The molecule has 0 atom stereocenters. The van der Waals surface area contributed by atoms with Crippen LogP contribution in [0.1, 0.15) is 0 Å². The van der Waals surface area contributed by atoms with Gasteiger partial charge < -0.3 is 15.3 Å². The second kappa shape index (κ2) is 18.5. The van der Waals surface area contributed by atoms with E-state index in [0.29, 0.717) is 22.7 Å². The van der Waals surface area contributed by atoms with Gasteiger partial charge >= 0.3 is 17.9 Å². The number of aromatic nitrogens is 4. The van der Waals surface area contributed by atoms with Crippen molar-refractivity contribution in [2.45, 2.75) is 8.68 Å². The summed E-state index contributed by atoms with van der Waals surface area (Å²) in [6, 6.07) is 0. The van der Waals surface area contributed by atoms with Crippen molar-refractivity contribution in [1.82, 2.24) is 34.3 Å². The van der Waals surface area contributed by atoms with Crippen LogP contribution in [0.5, 0.6) is 0 Å². The number of carbonyl (C=O) groups is 5. The Kier molecular flexibility index (Phi) is 16.5. The van der Waals surface area contributed by atoms with E-state index < -0.39 is 91.2 Å². The molecule has 0 saturated heterocycles. The molecule has 23 nitrogen and oxygen atoms in total. The standard InChI is InChI=1S/C20H31N11O12S4.Zn/c1-27-17(44-19(25-27)46(21,40)41)23-12(32)7-30(10-15(36)37)5-3-29(9-14(34)35)4-6-31(11-16(38)39)8-13(33)24-18-28(2)26-20(45-18)47(22,42)43;/h3-11H2,1-2H3,(H,34,35)(H,36,37)(H,38,39)(H2,21,40,41)(H2,22,42,43);. The molecule has 2 aromatic heterocycles. The maximum atomic E-state index is 12.6. The molecule has 28 heteroatoms. The minimum absolute atomic E-state index is 0. The first-order valence-electron chi connectivity index (χ1n) is 12.8. The Morgan fingerprint density at radius 3 is 1.21 bits per heavy atom. The summed E-state index contributed by atoms with van der Waals surface area (Å²) in [5.41, 5.74) is 0. The fourth-order valence-electron chi connectivity index (χ4n) is 3.58. The van der Waals surface area contributed by atoms with Crippen molar-refractivity contribution in [2.75, 3.05) is 58.9 Å². The molecule has 264 valence electrons. The molecule has 0 unspecified atom stereocenters. The number of nitrogens with two attached hydrogens (primary N) is 2. The van der Waals surface area contributed by atoms with Crippen molar-refractivity contribution in [3.05, 3.63) is 9.60 Å². The van der Waals surface area contributed by atoms with Crippen LogP contribution in [0.3, 0.4) is 0 Å². The van der Waals surface area contributed by atoms with Crippen LogP contribution >= 0.6 is 22.7 Å². The molecule has 7 N–H and O–H groups in total. The van der Waals surface area contributed by atoms with Gasteiger partial charge in [0.1, 0.15) is 0 Å². The molecule has 0 aromatic carbocycles. The monoisotopic (exact) mass is 809 g/mol. The van der Waals surface area contributed by atoms with Gasteiger partial charge in [-0.1, -0.05) is 22.7 Å². The van der Waals surface area contributed by atoms with Crippen molar-refractivity contribution in [3.8, 4) is 0 Å². The average Bonchev–Trinajstić information content (AvgIpc) is 3.46.